The summed E-state index contributed by atoms with van der Waals surface area (Å²) in [5.74, 6) is -0.324. The Labute approximate surface area is 142 Å². The smallest absolute Gasteiger partial charge is 0.271 e. The van der Waals surface area contributed by atoms with E-state index in [9.17, 15) is 14.5 Å². The summed E-state index contributed by atoms with van der Waals surface area (Å²) in [6, 6.07) is 10.4. The fourth-order valence-electron chi connectivity index (χ4n) is 1.89. The van der Waals surface area contributed by atoms with E-state index < -0.39 is 4.92 Å². The van der Waals surface area contributed by atoms with Gasteiger partial charge in [-0.1, -0.05) is 29.8 Å². The summed E-state index contributed by atoms with van der Waals surface area (Å²) in [6.45, 7) is 0.255. The van der Waals surface area contributed by atoms with Gasteiger partial charge in [0.15, 0.2) is 5.11 Å². The molecule has 0 spiro atoms. The predicted molar refractivity (Wildman–Crippen MR) is 92.2 cm³/mol. The fourth-order valence-corrected chi connectivity index (χ4v) is 2.23. The van der Waals surface area contributed by atoms with Crippen LogP contribution in [0.4, 0.5) is 15.8 Å². The number of anilines is 1. The number of rotatable bonds is 4. The van der Waals surface area contributed by atoms with E-state index in [0.29, 0.717) is 16.3 Å². The molecule has 0 saturated heterocycles. The maximum Gasteiger partial charge on any atom is 0.271 e. The number of nitrogens with zero attached hydrogens (tertiary/aromatic N) is 2. The first-order valence-electron chi connectivity index (χ1n) is 6.58. The molecular weight excluding hydrogens is 341 g/mol. The maximum absolute atomic E-state index is 13.7. The normalized spacial score (nSPS) is 10.2. The van der Waals surface area contributed by atoms with Crippen LogP contribution in [-0.2, 0) is 6.54 Å². The standard InChI is InChI=1S/C15H13ClFN3O2S/c1-19(9-10-4-2-3-5-13(10)17)15(23)18-14-8-11(20(21)22)6-7-12(14)16/h2-8H,9H2,1H3,(H,18,23). The molecule has 0 heterocycles. The first kappa shape index (κ1) is 17.1. The fraction of sp³-hybridized carbons (Fsp3) is 0.133. The largest absolute Gasteiger partial charge is 0.348 e. The Balaban J connectivity index is 2.11. The second-order valence-corrected chi connectivity index (χ2v) is 5.59. The lowest BCUT2D eigenvalue weighted by atomic mass is 10.2. The van der Waals surface area contributed by atoms with Gasteiger partial charge in [0.2, 0.25) is 0 Å². The molecule has 0 aliphatic carbocycles. The zero-order chi connectivity index (χ0) is 17.0. The highest BCUT2D eigenvalue weighted by atomic mass is 35.5. The minimum Gasteiger partial charge on any atom is -0.348 e. The van der Waals surface area contributed by atoms with Crippen molar-refractivity contribution >= 4 is 40.3 Å². The first-order chi connectivity index (χ1) is 10.9. The van der Waals surface area contributed by atoms with Crippen molar-refractivity contribution < 1.29 is 9.31 Å². The Hall–Kier alpha value is -2.25. The zero-order valence-electron chi connectivity index (χ0n) is 12.1. The minimum absolute atomic E-state index is 0.101. The summed E-state index contributed by atoms with van der Waals surface area (Å²) in [7, 11) is 1.69. The van der Waals surface area contributed by atoms with Crippen molar-refractivity contribution in [1.82, 2.24) is 4.90 Å². The third-order valence-electron chi connectivity index (χ3n) is 3.11. The van der Waals surface area contributed by atoms with Gasteiger partial charge in [0.1, 0.15) is 5.82 Å². The van der Waals surface area contributed by atoms with E-state index in [0.717, 1.165) is 0 Å². The van der Waals surface area contributed by atoms with Crippen LogP contribution in [0, 0.1) is 15.9 Å². The average Bonchev–Trinajstić information content (AvgIpc) is 2.51. The van der Waals surface area contributed by atoms with Gasteiger partial charge in [-0.05, 0) is 24.4 Å². The molecule has 2 aromatic carbocycles. The second kappa shape index (κ2) is 7.34. The Morgan fingerprint density at radius 3 is 2.74 bits per heavy atom. The van der Waals surface area contributed by atoms with Gasteiger partial charge in [0.25, 0.3) is 5.69 Å². The number of non-ortho nitro benzene ring substituents is 1. The number of nitro benzene ring substituents is 1. The summed E-state index contributed by atoms with van der Waals surface area (Å²) < 4.78 is 13.7. The number of benzene rings is 2. The Morgan fingerprint density at radius 1 is 1.39 bits per heavy atom. The van der Waals surface area contributed by atoms with Gasteiger partial charge in [0.05, 0.1) is 15.6 Å². The van der Waals surface area contributed by atoms with Crippen molar-refractivity contribution in [1.29, 1.82) is 0 Å². The molecular formula is C15H13ClFN3O2S. The van der Waals surface area contributed by atoms with Crippen molar-refractivity contribution in [3.05, 3.63) is 69.0 Å². The molecule has 0 bridgehead atoms. The van der Waals surface area contributed by atoms with Crippen molar-refractivity contribution in [2.24, 2.45) is 0 Å². The van der Waals surface area contributed by atoms with Crippen LogP contribution >= 0.6 is 23.8 Å². The van der Waals surface area contributed by atoms with Crippen molar-refractivity contribution in [2.45, 2.75) is 6.54 Å². The number of nitrogens with one attached hydrogen (secondary N) is 1. The predicted octanol–water partition coefficient (Wildman–Crippen LogP) is 4.22. The molecule has 0 aromatic heterocycles. The van der Waals surface area contributed by atoms with Gasteiger partial charge < -0.3 is 10.2 Å². The topological polar surface area (TPSA) is 58.4 Å². The first-order valence-corrected chi connectivity index (χ1v) is 7.36. The second-order valence-electron chi connectivity index (χ2n) is 4.80. The van der Waals surface area contributed by atoms with Crippen molar-refractivity contribution in [3.63, 3.8) is 0 Å². The van der Waals surface area contributed by atoms with Crippen LogP contribution in [-0.4, -0.2) is 22.0 Å². The maximum atomic E-state index is 13.7. The highest BCUT2D eigenvalue weighted by Gasteiger charge is 2.13. The Morgan fingerprint density at radius 2 is 2.09 bits per heavy atom. The highest BCUT2D eigenvalue weighted by Crippen LogP contribution is 2.27. The van der Waals surface area contributed by atoms with E-state index in [-0.39, 0.29) is 23.2 Å². The minimum atomic E-state index is -0.520. The molecule has 1 N–H and O–H groups in total. The van der Waals surface area contributed by atoms with Gasteiger partial charge in [-0.3, -0.25) is 10.1 Å². The number of nitro groups is 1. The SMILES string of the molecule is CN(Cc1ccccc1F)C(=S)Nc1cc([N+](=O)[O-])ccc1Cl. The van der Waals surface area contributed by atoms with E-state index in [4.69, 9.17) is 23.8 Å². The van der Waals surface area contributed by atoms with Crippen LogP contribution in [0.2, 0.25) is 5.02 Å². The monoisotopic (exact) mass is 353 g/mol. The van der Waals surface area contributed by atoms with Gasteiger partial charge >= 0.3 is 0 Å². The molecule has 0 aliphatic rings. The quantitative estimate of drug-likeness (QED) is 0.506. The Bertz CT molecular complexity index is 757. The number of hydrogen-bond donors (Lipinski definition) is 1. The molecule has 0 amide bonds. The number of hydrogen-bond acceptors (Lipinski definition) is 3. The molecule has 0 fully saturated rings. The number of halogens is 2. The zero-order valence-corrected chi connectivity index (χ0v) is 13.7. The van der Waals surface area contributed by atoms with Crippen LogP contribution in [0.5, 0.6) is 0 Å². The lowest BCUT2D eigenvalue weighted by Crippen LogP contribution is -2.31. The highest BCUT2D eigenvalue weighted by molar-refractivity contribution is 7.80. The van der Waals surface area contributed by atoms with Crippen LogP contribution in [0.15, 0.2) is 42.5 Å². The van der Waals surface area contributed by atoms with Crippen LogP contribution in [0.3, 0.4) is 0 Å². The number of thiocarbonyl (C=S) groups is 1. The molecule has 2 rings (SSSR count). The molecule has 8 heteroatoms. The molecule has 0 radical (unpaired) electrons. The molecule has 0 saturated carbocycles. The van der Waals surface area contributed by atoms with Crippen LogP contribution < -0.4 is 5.32 Å². The molecule has 120 valence electrons. The van der Waals surface area contributed by atoms with Crippen LogP contribution in [0.1, 0.15) is 5.56 Å². The summed E-state index contributed by atoms with van der Waals surface area (Å²) in [5.41, 5.74) is 0.715. The molecule has 0 aliphatic heterocycles. The van der Waals surface area contributed by atoms with Gasteiger partial charge in [-0.25, -0.2) is 4.39 Å². The average molecular weight is 354 g/mol. The van der Waals surface area contributed by atoms with Crippen LogP contribution in [0.25, 0.3) is 0 Å². The van der Waals surface area contributed by atoms with E-state index in [1.54, 1.807) is 30.1 Å². The van der Waals surface area contributed by atoms with E-state index in [1.165, 1.54) is 24.3 Å². The summed E-state index contributed by atoms with van der Waals surface area (Å²) >= 11 is 11.2. The van der Waals surface area contributed by atoms with Gasteiger partial charge in [-0.2, -0.15) is 0 Å². The Kier molecular flexibility index (Phi) is 5.46. The third kappa shape index (κ3) is 4.37. The van der Waals surface area contributed by atoms with Gasteiger partial charge in [0, 0.05) is 31.3 Å². The molecule has 23 heavy (non-hydrogen) atoms. The molecule has 5 nitrogen and oxygen atoms in total. The van der Waals surface area contributed by atoms with E-state index in [1.807, 2.05) is 0 Å². The van der Waals surface area contributed by atoms with Crippen molar-refractivity contribution in [3.8, 4) is 0 Å². The van der Waals surface area contributed by atoms with Crippen molar-refractivity contribution in [2.75, 3.05) is 12.4 Å². The lowest BCUT2D eigenvalue weighted by molar-refractivity contribution is -0.384. The molecule has 0 atom stereocenters. The lowest BCUT2D eigenvalue weighted by Gasteiger charge is -2.21. The van der Waals surface area contributed by atoms with Gasteiger partial charge in [-0.15, -0.1) is 0 Å². The molecule has 2 aromatic rings. The van der Waals surface area contributed by atoms with E-state index >= 15 is 0 Å². The van der Waals surface area contributed by atoms with E-state index in [2.05, 4.69) is 5.32 Å². The molecule has 0 unspecified atom stereocenters. The summed E-state index contributed by atoms with van der Waals surface area (Å²) in [6.07, 6.45) is 0. The third-order valence-corrected chi connectivity index (χ3v) is 3.86. The summed E-state index contributed by atoms with van der Waals surface area (Å²) in [4.78, 5) is 11.9. The summed E-state index contributed by atoms with van der Waals surface area (Å²) in [5, 5.41) is 14.2.